The Hall–Kier alpha value is -1.59. The molecule has 0 spiro atoms. The summed E-state index contributed by atoms with van der Waals surface area (Å²) in [4.78, 5) is 14.2. The highest BCUT2D eigenvalue weighted by molar-refractivity contribution is 5.80. The molecule has 5 heteroatoms. The number of nitrogens with zero attached hydrogens (tertiary/aromatic N) is 1. The van der Waals surface area contributed by atoms with Crippen molar-refractivity contribution < 1.29 is 9.53 Å². The van der Waals surface area contributed by atoms with E-state index in [0.717, 1.165) is 37.7 Å². The van der Waals surface area contributed by atoms with Gasteiger partial charge in [0.05, 0.1) is 13.2 Å². The minimum atomic E-state index is -0.178. The fourth-order valence-electron chi connectivity index (χ4n) is 4.42. The van der Waals surface area contributed by atoms with Gasteiger partial charge in [-0.1, -0.05) is 44.2 Å². The monoisotopic (exact) mass is 359 g/mol. The van der Waals surface area contributed by atoms with Crippen LogP contribution in [0.1, 0.15) is 50.5 Å². The van der Waals surface area contributed by atoms with Crippen LogP contribution in [0.4, 0.5) is 0 Å². The molecule has 2 unspecified atom stereocenters. The SMILES string of the molecule is COc1ccc(CNC2CC(C(N)=O)N(CCC3CCCCC3)C2)cc1. The second-order valence-electron chi connectivity index (χ2n) is 7.87. The number of likely N-dealkylation sites (tertiary alicyclic amines) is 1. The summed E-state index contributed by atoms with van der Waals surface area (Å²) in [5, 5.41) is 3.60. The van der Waals surface area contributed by atoms with Crippen molar-refractivity contribution >= 4 is 5.91 Å². The Morgan fingerprint density at radius 2 is 1.96 bits per heavy atom. The summed E-state index contributed by atoms with van der Waals surface area (Å²) in [5.41, 5.74) is 6.90. The lowest BCUT2D eigenvalue weighted by atomic mass is 9.87. The molecule has 1 aliphatic carbocycles. The number of hydrogen-bond donors (Lipinski definition) is 2. The van der Waals surface area contributed by atoms with E-state index in [1.807, 2.05) is 12.1 Å². The van der Waals surface area contributed by atoms with Gasteiger partial charge >= 0.3 is 0 Å². The van der Waals surface area contributed by atoms with Crippen molar-refractivity contribution in [2.24, 2.45) is 11.7 Å². The highest BCUT2D eigenvalue weighted by Crippen LogP contribution is 2.28. The molecule has 1 aromatic carbocycles. The Bertz CT molecular complexity index is 569. The van der Waals surface area contributed by atoms with Crippen molar-refractivity contribution in [3.8, 4) is 5.75 Å². The average Bonchev–Trinajstić information content (AvgIpc) is 3.09. The summed E-state index contributed by atoms with van der Waals surface area (Å²) >= 11 is 0. The van der Waals surface area contributed by atoms with E-state index in [-0.39, 0.29) is 11.9 Å². The fraction of sp³-hybridized carbons (Fsp3) is 0.667. The van der Waals surface area contributed by atoms with E-state index in [1.165, 1.54) is 44.1 Å². The van der Waals surface area contributed by atoms with E-state index in [0.29, 0.717) is 6.04 Å². The predicted molar refractivity (Wildman–Crippen MR) is 104 cm³/mol. The third kappa shape index (κ3) is 5.21. The lowest BCUT2D eigenvalue weighted by Gasteiger charge is -2.26. The van der Waals surface area contributed by atoms with Crippen molar-refractivity contribution in [2.75, 3.05) is 20.2 Å². The number of methoxy groups -OCH3 is 1. The van der Waals surface area contributed by atoms with Gasteiger partial charge in [-0.3, -0.25) is 9.69 Å². The third-order valence-electron chi connectivity index (χ3n) is 6.04. The number of nitrogens with one attached hydrogen (secondary N) is 1. The van der Waals surface area contributed by atoms with Crippen LogP contribution >= 0.6 is 0 Å². The van der Waals surface area contributed by atoms with E-state index in [2.05, 4.69) is 22.3 Å². The van der Waals surface area contributed by atoms with Crippen LogP contribution in [0.15, 0.2) is 24.3 Å². The first-order chi connectivity index (χ1) is 12.7. The smallest absolute Gasteiger partial charge is 0.234 e. The largest absolute Gasteiger partial charge is 0.497 e. The molecule has 0 aromatic heterocycles. The molecule has 1 heterocycles. The van der Waals surface area contributed by atoms with Crippen LogP contribution in [0, 0.1) is 5.92 Å². The van der Waals surface area contributed by atoms with Gasteiger partial charge in [-0.05, 0) is 43.0 Å². The molecule has 1 amide bonds. The molecule has 0 radical (unpaired) electrons. The maximum absolute atomic E-state index is 11.9. The normalized spacial score (nSPS) is 24.7. The Morgan fingerprint density at radius 1 is 1.23 bits per heavy atom. The molecule has 1 saturated heterocycles. The van der Waals surface area contributed by atoms with Gasteiger partial charge in [-0.15, -0.1) is 0 Å². The fourth-order valence-corrected chi connectivity index (χ4v) is 4.42. The molecule has 2 fully saturated rings. The van der Waals surface area contributed by atoms with Crippen molar-refractivity contribution in [3.63, 3.8) is 0 Å². The molecule has 3 N–H and O–H groups in total. The Labute approximate surface area is 157 Å². The molecule has 0 bridgehead atoms. The van der Waals surface area contributed by atoms with Crippen LogP contribution in [-0.4, -0.2) is 43.1 Å². The molecule has 1 aliphatic heterocycles. The lowest BCUT2D eigenvalue weighted by molar-refractivity contribution is -0.122. The summed E-state index contributed by atoms with van der Waals surface area (Å²) in [6.07, 6.45) is 8.86. The summed E-state index contributed by atoms with van der Waals surface area (Å²) < 4.78 is 5.20. The highest BCUT2D eigenvalue weighted by Gasteiger charge is 2.35. The first-order valence-corrected chi connectivity index (χ1v) is 10.1. The maximum Gasteiger partial charge on any atom is 0.234 e. The van der Waals surface area contributed by atoms with Crippen LogP contribution in [-0.2, 0) is 11.3 Å². The van der Waals surface area contributed by atoms with Crippen molar-refractivity contribution in [1.29, 1.82) is 0 Å². The van der Waals surface area contributed by atoms with Crippen LogP contribution in [0.25, 0.3) is 0 Å². The standard InChI is InChI=1S/C21H33N3O2/c1-26-19-9-7-17(8-10-19)14-23-18-13-20(21(22)25)24(15-18)12-11-16-5-3-2-4-6-16/h7-10,16,18,20,23H,2-6,11-15H2,1H3,(H2,22,25). The number of ether oxygens (including phenoxy) is 1. The zero-order valence-corrected chi connectivity index (χ0v) is 16.0. The van der Waals surface area contributed by atoms with Crippen molar-refractivity contribution in [2.45, 2.75) is 63.6 Å². The molecule has 2 atom stereocenters. The second-order valence-corrected chi connectivity index (χ2v) is 7.87. The average molecular weight is 360 g/mol. The number of primary amides is 1. The first kappa shape index (κ1) is 19.2. The molecule has 26 heavy (non-hydrogen) atoms. The van der Waals surface area contributed by atoms with E-state index in [1.54, 1.807) is 7.11 Å². The number of benzene rings is 1. The van der Waals surface area contributed by atoms with E-state index in [9.17, 15) is 4.79 Å². The minimum absolute atomic E-state index is 0.119. The molecule has 1 aromatic rings. The van der Waals surface area contributed by atoms with Gasteiger partial charge < -0.3 is 15.8 Å². The molecule has 2 aliphatic rings. The van der Waals surface area contributed by atoms with Gasteiger partial charge in [0, 0.05) is 19.1 Å². The summed E-state index contributed by atoms with van der Waals surface area (Å²) in [7, 11) is 1.68. The van der Waals surface area contributed by atoms with Gasteiger partial charge in [0.1, 0.15) is 5.75 Å². The maximum atomic E-state index is 11.9. The molecule has 144 valence electrons. The molecule has 3 rings (SSSR count). The Morgan fingerprint density at radius 3 is 2.62 bits per heavy atom. The number of amides is 1. The van der Waals surface area contributed by atoms with Crippen molar-refractivity contribution in [1.82, 2.24) is 10.2 Å². The number of nitrogens with two attached hydrogens (primary N) is 1. The number of carbonyl (C=O) groups is 1. The summed E-state index contributed by atoms with van der Waals surface area (Å²) in [6.45, 7) is 2.71. The van der Waals surface area contributed by atoms with E-state index in [4.69, 9.17) is 10.5 Å². The van der Waals surface area contributed by atoms with Gasteiger partial charge in [0.2, 0.25) is 5.91 Å². The Balaban J connectivity index is 1.48. The van der Waals surface area contributed by atoms with Gasteiger partial charge in [0.25, 0.3) is 0 Å². The zero-order chi connectivity index (χ0) is 18.4. The minimum Gasteiger partial charge on any atom is -0.497 e. The van der Waals surface area contributed by atoms with Gasteiger partial charge in [-0.25, -0.2) is 0 Å². The van der Waals surface area contributed by atoms with Gasteiger partial charge in [0.15, 0.2) is 0 Å². The number of hydrogen-bond acceptors (Lipinski definition) is 4. The number of rotatable bonds is 8. The molecular formula is C21H33N3O2. The summed E-state index contributed by atoms with van der Waals surface area (Å²) in [6, 6.07) is 8.32. The van der Waals surface area contributed by atoms with Crippen LogP contribution < -0.4 is 15.8 Å². The quantitative estimate of drug-likeness (QED) is 0.749. The Kier molecular flexibility index (Phi) is 6.92. The molecule has 1 saturated carbocycles. The van der Waals surface area contributed by atoms with Crippen LogP contribution in [0.3, 0.4) is 0 Å². The summed E-state index contributed by atoms with van der Waals surface area (Å²) in [5.74, 6) is 1.53. The van der Waals surface area contributed by atoms with Crippen LogP contribution in [0.5, 0.6) is 5.75 Å². The van der Waals surface area contributed by atoms with E-state index < -0.39 is 0 Å². The molecular weight excluding hydrogens is 326 g/mol. The zero-order valence-electron chi connectivity index (χ0n) is 16.0. The first-order valence-electron chi connectivity index (χ1n) is 10.1. The highest BCUT2D eigenvalue weighted by atomic mass is 16.5. The second kappa shape index (κ2) is 9.38. The lowest BCUT2D eigenvalue weighted by Crippen LogP contribution is -2.41. The molecule has 5 nitrogen and oxygen atoms in total. The number of carbonyl (C=O) groups excluding carboxylic acids is 1. The van der Waals surface area contributed by atoms with E-state index >= 15 is 0 Å². The third-order valence-corrected chi connectivity index (χ3v) is 6.04. The van der Waals surface area contributed by atoms with Crippen LogP contribution in [0.2, 0.25) is 0 Å². The van der Waals surface area contributed by atoms with Gasteiger partial charge in [-0.2, -0.15) is 0 Å². The van der Waals surface area contributed by atoms with Crippen molar-refractivity contribution in [3.05, 3.63) is 29.8 Å². The predicted octanol–water partition coefficient (Wildman–Crippen LogP) is 2.68. The topological polar surface area (TPSA) is 67.6 Å².